The summed E-state index contributed by atoms with van der Waals surface area (Å²) in [5, 5.41) is 4.55. The largest absolute Gasteiger partial charge is 0.481 e. The van der Waals surface area contributed by atoms with E-state index in [0.717, 1.165) is 11.1 Å². The van der Waals surface area contributed by atoms with Crippen molar-refractivity contribution in [2.75, 3.05) is 0 Å². The Bertz CT molecular complexity index is 672. The normalized spacial score (nSPS) is 12.1. The van der Waals surface area contributed by atoms with E-state index >= 15 is 0 Å². The smallest absolute Gasteiger partial charge is 0.280 e. The van der Waals surface area contributed by atoms with Crippen LogP contribution >= 0.6 is 11.6 Å². The highest BCUT2D eigenvalue weighted by Crippen LogP contribution is 2.22. The van der Waals surface area contributed by atoms with Gasteiger partial charge in [-0.25, -0.2) is 5.43 Å². The number of hydrazone groups is 1. The van der Waals surface area contributed by atoms with Crippen LogP contribution in [0.15, 0.2) is 53.6 Å². The fraction of sp³-hybridized carbons (Fsp3) is 0.176. The van der Waals surface area contributed by atoms with Crippen molar-refractivity contribution in [2.45, 2.75) is 20.0 Å². The van der Waals surface area contributed by atoms with Gasteiger partial charge in [0.05, 0.1) is 6.21 Å². The minimum absolute atomic E-state index is 0.318. The molecule has 0 heterocycles. The molecule has 0 radical (unpaired) electrons. The highest BCUT2D eigenvalue weighted by Gasteiger charge is 2.15. The van der Waals surface area contributed by atoms with Crippen LogP contribution in [0.1, 0.15) is 18.1 Å². The molecule has 0 fully saturated rings. The molecule has 0 saturated carbocycles. The van der Waals surface area contributed by atoms with Gasteiger partial charge in [0.15, 0.2) is 6.10 Å². The lowest BCUT2D eigenvalue weighted by atomic mass is 10.2. The molecule has 1 amide bonds. The topological polar surface area (TPSA) is 50.7 Å². The van der Waals surface area contributed by atoms with Gasteiger partial charge in [-0.1, -0.05) is 41.9 Å². The number of ether oxygens (including phenoxy) is 1. The first-order valence-electron chi connectivity index (χ1n) is 6.87. The molecule has 22 heavy (non-hydrogen) atoms. The molecule has 4 nitrogen and oxygen atoms in total. The Labute approximate surface area is 134 Å². The van der Waals surface area contributed by atoms with Crippen LogP contribution in [-0.2, 0) is 4.79 Å². The molecule has 0 aliphatic heterocycles. The molecule has 0 spiro atoms. The van der Waals surface area contributed by atoms with Crippen LogP contribution in [0.3, 0.4) is 0 Å². The maximum Gasteiger partial charge on any atom is 0.280 e. The third kappa shape index (κ3) is 4.60. The zero-order valence-corrected chi connectivity index (χ0v) is 13.2. The van der Waals surface area contributed by atoms with Crippen LogP contribution in [-0.4, -0.2) is 18.2 Å². The zero-order valence-electron chi connectivity index (χ0n) is 12.4. The van der Waals surface area contributed by atoms with Gasteiger partial charge in [0.1, 0.15) is 5.75 Å². The van der Waals surface area contributed by atoms with Crippen molar-refractivity contribution in [3.8, 4) is 5.75 Å². The Hall–Kier alpha value is -2.33. The second-order valence-corrected chi connectivity index (χ2v) is 5.25. The summed E-state index contributed by atoms with van der Waals surface area (Å²) in [4.78, 5) is 11.9. The van der Waals surface area contributed by atoms with E-state index in [-0.39, 0.29) is 5.91 Å². The zero-order chi connectivity index (χ0) is 15.9. The van der Waals surface area contributed by atoms with Gasteiger partial charge in [-0.15, -0.1) is 0 Å². The van der Waals surface area contributed by atoms with Crippen molar-refractivity contribution >= 4 is 23.7 Å². The Morgan fingerprint density at radius 3 is 2.68 bits per heavy atom. The molecule has 1 atom stereocenters. The predicted molar refractivity (Wildman–Crippen MR) is 88.5 cm³/mol. The number of hydrogen-bond donors (Lipinski definition) is 1. The van der Waals surface area contributed by atoms with E-state index in [1.165, 1.54) is 0 Å². The number of carbonyl (C=O) groups excluding carboxylic acids is 1. The summed E-state index contributed by atoms with van der Waals surface area (Å²) < 4.78 is 5.62. The fourth-order valence-electron chi connectivity index (χ4n) is 1.79. The molecule has 114 valence electrons. The van der Waals surface area contributed by atoms with E-state index < -0.39 is 6.10 Å². The fourth-order valence-corrected chi connectivity index (χ4v) is 2.02. The minimum Gasteiger partial charge on any atom is -0.481 e. The molecule has 0 bridgehead atoms. The van der Waals surface area contributed by atoms with E-state index in [2.05, 4.69) is 10.5 Å². The highest BCUT2D eigenvalue weighted by atomic mass is 35.5. The second-order valence-electron chi connectivity index (χ2n) is 4.81. The molecule has 5 heteroatoms. The number of halogens is 1. The molecule has 2 aromatic carbocycles. The van der Waals surface area contributed by atoms with Crippen LogP contribution in [0, 0.1) is 6.92 Å². The Morgan fingerprint density at radius 1 is 1.27 bits per heavy atom. The van der Waals surface area contributed by atoms with E-state index in [0.29, 0.717) is 10.8 Å². The summed E-state index contributed by atoms with van der Waals surface area (Å²) in [6, 6.07) is 14.8. The monoisotopic (exact) mass is 316 g/mol. The molecular formula is C17H17ClN2O2. The van der Waals surface area contributed by atoms with Gasteiger partial charge in [-0.2, -0.15) is 5.10 Å². The molecule has 0 unspecified atom stereocenters. The number of rotatable bonds is 5. The van der Waals surface area contributed by atoms with Crippen LogP contribution in [0.5, 0.6) is 5.75 Å². The quantitative estimate of drug-likeness (QED) is 0.677. The summed E-state index contributed by atoms with van der Waals surface area (Å²) in [7, 11) is 0. The average molecular weight is 317 g/mol. The number of nitrogens with one attached hydrogen (secondary N) is 1. The van der Waals surface area contributed by atoms with Gasteiger partial charge < -0.3 is 4.74 Å². The summed E-state index contributed by atoms with van der Waals surface area (Å²) >= 11 is 5.89. The molecule has 0 aromatic heterocycles. The Kier molecular flexibility index (Phi) is 5.55. The lowest BCUT2D eigenvalue weighted by molar-refractivity contribution is -0.127. The van der Waals surface area contributed by atoms with Gasteiger partial charge in [-0.3, -0.25) is 4.79 Å². The van der Waals surface area contributed by atoms with Gasteiger partial charge in [-0.05, 0) is 43.2 Å². The molecular weight excluding hydrogens is 300 g/mol. The number of hydrogen-bond acceptors (Lipinski definition) is 3. The van der Waals surface area contributed by atoms with Crippen molar-refractivity contribution < 1.29 is 9.53 Å². The summed E-state index contributed by atoms with van der Waals surface area (Å²) in [5.41, 5.74) is 4.24. The van der Waals surface area contributed by atoms with Crippen LogP contribution in [0.25, 0.3) is 0 Å². The molecule has 1 N–H and O–H groups in total. The summed E-state index contributed by atoms with van der Waals surface area (Å²) in [5.74, 6) is 0.306. The molecule has 0 aliphatic carbocycles. The van der Waals surface area contributed by atoms with Crippen molar-refractivity contribution in [3.05, 3.63) is 64.7 Å². The van der Waals surface area contributed by atoms with Crippen molar-refractivity contribution in [1.29, 1.82) is 0 Å². The first kappa shape index (κ1) is 16.0. The third-order valence-electron chi connectivity index (χ3n) is 3.00. The molecule has 0 saturated heterocycles. The van der Waals surface area contributed by atoms with Crippen LogP contribution in [0.2, 0.25) is 5.02 Å². The Morgan fingerprint density at radius 2 is 2.00 bits per heavy atom. The number of nitrogens with zero attached hydrogens (tertiary/aromatic N) is 1. The third-order valence-corrected chi connectivity index (χ3v) is 3.23. The summed E-state index contributed by atoms with van der Waals surface area (Å²) in [6.07, 6.45) is 0.922. The lowest BCUT2D eigenvalue weighted by Gasteiger charge is -2.14. The Balaban J connectivity index is 1.91. The molecule has 2 aromatic rings. The van der Waals surface area contributed by atoms with E-state index in [1.807, 2.05) is 37.3 Å². The van der Waals surface area contributed by atoms with Gasteiger partial charge in [0.2, 0.25) is 0 Å². The SMILES string of the molecule is Cc1cc(Cl)ccc1O[C@@H](C)C(=O)N/N=C\c1ccccc1. The van der Waals surface area contributed by atoms with Crippen LogP contribution in [0.4, 0.5) is 0 Å². The lowest BCUT2D eigenvalue weighted by Crippen LogP contribution is -2.33. The second kappa shape index (κ2) is 7.61. The van der Waals surface area contributed by atoms with Gasteiger partial charge in [0.25, 0.3) is 5.91 Å². The highest BCUT2D eigenvalue weighted by molar-refractivity contribution is 6.30. The van der Waals surface area contributed by atoms with Crippen LogP contribution < -0.4 is 10.2 Å². The van der Waals surface area contributed by atoms with Crippen molar-refractivity contribution in [2.24, 2.45) is 5.10 Å². The van der Waals surface area contributed by atoms with Crippen molar-refractivity contribution in [3.63, 3.8) is 0 Å². The van der Waals surface area contributed by atoms with E-state index in [1.54, 1.807) is 31.3 Å². The number of aryl methyl sites for hydroxylation is 1. The summed E-state index contributed by atoms with van der Waals surface area (Å²) in [6.45, 7) is 3.54. The first-order chi connectivity index (χ1) is 10.6. The van der Waals surface area contributed by atoms with E-state index in [9.17, 15) is 4.79 Å². The van der Waals surface area contributed by atoms with Crippen molar-refractivity contribution in [1.82, 2.24) is 5.43 Å². The number of benzene rings is 2. The predicted octanol–water partition coefficient (Wildman–Crippen LogP) is 3.57. The number of carbonyl (C=O) groups is 1. The minimum atomic E-state index is -0.659. The van der Waals surface area contributed by atoms with Gasteiger partial charge in [0, 0.05) is 5.02 Å². The first-order valence-corrected chi connectivity index (χ1v) is 7.25. The number of amides is 1. The van der Waals surface area contributed by atoms with E-state index in [4.69, 9.17) is 16.3 Å². The maximum atomic E-state index is 11.9. The van der Waals surface area contributed by atoms with Gasteiger partial charge >= 0.3 is 0 Å². The molecule has 2 rings (SSSR count). The molecule has 0 aliphatic rings. The average Bonchev–Trinajstić information content (AvgIpc) is 2.51. The standard InChI is InChI=1S/C17H17ClN2O2/c1-12-10-15(18)8-9-16(12)22-13(2)17(21)20-19-11-14-6-4-3-5-7-14/h3-11,13H,1-2H3,(H,20,21)/b19-11-/t13-/m0/s1. The maximum absolute atomic E-state index is 11.9.